The Morgan fingerprint density at radius 2 is 1.97 bits per heavy atom. The number of pyridine rings is 2. The van der Waals surface area contributed by atoms with Gasteiger partial charge in [-0.3, -0.25) is 4.79 Å². The first-order chi connectivity index (χ1) is 16.5. The van der Waals surface area contributed by atoms with Crippen molar-refractivity contribution in [3.63, 3.8) is 0 Å². The fourth-order valence-electron chi connectivity index (χ4n) is 4.30. The minimum atomic E-state index is -0.0218. The second-order valence-corrected chi connectivity index (χ2v) is 9.94. The predicted octanol–water partition coefficient (Wildman–Crippen LogP) is 4.28. The normalized spacial score (nSPS) is 14.1. The van der Waals surface area contributed by atoms with Crippen molar-refractivity contribution in [1.82, 2.24) is 24.6 Å². The molecule has 1 saturated heterocycles. The van der Waals surface area contributed by atoms with Gasteiger partial charge in [0.05, 0.1) is 33.3 Å². The van der Waals surface area contributed by atoms with Gasteiger partial charge in [-0.25, -0.2) is 14.6 Å². The number of hydrogen-bond acceptors (Lipinski definition) is 7. The second kappa shape index (κ2) is 8.88. The van der Waals surface area contributed by atoms with Gasteiger partial charge in [0.1, 0.15) is 11.9 Å². The lowest BCUT2D eigenvalue weighted by Gasteiger charge is -2.35. The Kier molecular flexibility index (Phi) is 5.75. The van der Waals surface area contributed by atoms with E-state index in [0.717, 1.165) is 21.6 Å². The third-order valence-corrected chi connectivity index (χ3v) is 7.08. The zero-order valence-corrected chi connectivity index (χ0v) is 20.2. The number of aryl methyl sites for hydroxylation is 1. The molecule has 172 valence electrons. The minimum absolute atomic E-state index is 0.0218. The first kappa shape index (κ1) is 22.0. The number of rotatable bonds is 4. The highest BCUT2D eigenvalue weighted by Crippen LogP contribution is 2.31. The van der Waals surface area contributed by atoms with Gasteiger partial charge in [-0.1, -0.05) is 0 Å². The van der Waals surface area contributed by atoms with E-state index in [4.69, 9.17) is 4.98 Å². The Bertz CT molecular complexity index is 1410. The molecule has 0 atom stereocenters. The first-order valence-corrected chi connectivity index (χ1v) is 12.1. The summed E-state index contributed by atoms with van der Waals surface area (Å²) >= 11 is 1.67. The Morgan fingerprint density at radius 1 is 1.18 bits per heavy atom. The Morgan fingerprint density at radius 3 is 2.65 bits per heavy atom. The van der Waals surface area contributed by atoms with Crippen LogP contribution in [0.2, 0.25) is 0 Å². The summed E-state index contributed by atoms with van der Waals surface area (Å²) in [6.07, 6.45) is 3.45. The monoisotopic (exact) mass is 471 g/mol. The Hall–Kier alpha value is -3.77. The van der Waals surface area contributed by atoms with Crippen LogP contribution in [-0.2, 0) is 0 Å². The van der Waals surface area contributed by atoms with E-state index in [9.17, 15) is 10.1 Å². The van der Waals surface area contributed by atoms with Crippen LogP contribution in [-0.4, -0.2) is 56.7 Å². The van der Waals surface area contributed by atoms with Crippen molar-refractivity contribution < 1.29 is 4.79 Å². The van der Waals surface area contributed by atoms with Gasteiger partial charge in [-0.15, -0.1) is 11.3 Å². The average molecular weight is 472 g/mol. The summed E-state index contributed by atoms with van der Waals surface area (Å²) in [4.78, 5) is 29.2. The van der Waals surface area contributed by atoms with Gasteiger partial charge in [0.2, 0.25) is 0 Å². The number of amides is 1. The fourth-order valence-corrected chi connectivity index (χ4v) is 5.13. The van der Waals surface area contributed by atoms with Crippen LogP contribution in [0.15, 0.2) is 42.7 Å². The Balaban J connectivity index is 1.47. The zero-order chi connectivity index (χ0) is 23.8. The van der Waals surface area contributed by atoms with E-state index >= 15 is 0 Å². The van der Waals surface area contributed by atoms with E-state index in [1.165, 1.54) is 4.88 Å². The highest BCUT2D eigenvalue weighted by atomic mass is 32.1. The van der Waals surface area contributed by atoms with Crippen LogP contribution in [0, 0.1) is 18.3 Å². The van der Waals surface area contributed by atoms with Crippen LogP contribution in [0.3, 0.4) is 0 Å². The molecule has 1 amide bonds. The van der Waals surface area contributed by atoms with Crippen LogP contribution < -0.4 is 4.90 Å². The van der Waals surface area contributed by atoms with Gasteiger partial charge >= 0.3 is 0 Å². The predicted molar refractivity (Wildman–Crippen MR) is 133 cm³/mol. The summed E-state index contributed by atoms with van der Waals surface area (Å²) in [6.45, 7) is 8.53. The van der Waals surface area contributed by atoms with E-state index in [1.54, 1.807) is 35.9 Å². The van der Waals surface area contributed by atoms with Crippen LogP contribution >= 0.6 is 11.3 Å². The van der Waals surface area contributed by atoms with Crippen molar-refractivity contribution in [3.05, 3.63) is 58.7 Å². The molecule has 4 aromatic heterocycles. The molecule has 9 heteroatoms. The summed E-state index contributed by atoms with van der Waals surface area (Å²) in [5.41, 5.74) is 2.70. The molecule has 0 spiro atoms. The van der Waals surface area contributed by atoms with Crippen LogP contribution in [0.5, 0.6) is 0 Å². The number of thiophene rings is 1. The standard InChI is InChI=1S/C25H25N7OS/c1-16(2)32-24-20(15-28-32)19(13-21(29-24)22-7-6-17(3)34-22)25(33)31-11-9-30(10-12-31)23-18(14-26)5-4-8-27-23/h4-8,13,15-16H,9-12H2,1-3H3. The third kappa shape index (κ3) is 3.90. The van der Waals surface area contributed by atoms with E-state index in [-0.39, 0.29) is 11.9 Å². The summed E-state index contributed by atoms with van der Waals surface area (Å²) < 4.78 is 1.87. The molecule has 0 unspecified atom stereocenters. The van der Waals surface area contributed by atoms with Crippen molar-refractivity contribution in [1.29, 1.82) is 5.26 Å². The molecule has 0 aliphatic carbocycles. The summed E-state index contributed by atoms with van der Waals surface area (Å²) in [5, 5.41) is 14.7. The molecule has 5 rings (SSSR count). The van der Waals surface area contributed by atoms with Crippen molar-refractivity contribution in [2.24, 2.45) is 0 Å². The maximum atomic E-state index is 13.7. The van der Waals surface area contributed by atoms with E-state index < -0.39 is 0 Å². The average Bonchev–Trinajstić information content (AvgIpc) is 3.49. The van der Waals surface area contributed by atoms with Crippen molar-refractivity contribution in [2.45, 2.75) is 26.8 Å². The maximum absolute atomic E-state index is 13.7. The molecule has 0 N–H and O–H groups in total. The fraction of sp³-hybridized carbons (Fsp3) is 0.320. The largest absolute Gasteiger partial charge is 0.352 e. The minimum Gasteiger partial charge on any atom is -0.352 e. The molecule has 0 radical (unpaired) electrons. The topological polar surface area (TPSA) is 90.9 Å². The maximum Gasteiger partial charge on any atom is 0.254 e. The first-order valence-electron chi connectivity index (χ1n) is 11.3. The summed E-state index contributed by atoms with van der Waals surface area (Å²) in [5.74, 6) is 0.656. The van der Waals surface area contributed by atoms with E-state index in [2.05, 4.69) is 54.0 Å². The molecule has 5 heterocycles. The molecule has 1 aliphatic rings. The molecule has 8 nitrogen and oxygen atoms in total. The molecule has 0 saturated carbocycles. The number of aromatic nitrogens is 4. The molecule has 0 bridgehead atoms. The number of carbonyl (C=O) groups is 1. The lowest BCUT2D eigenvalue weighted by atomic mass is 10.1. The van der Waals surface area contributed by atoms with Crippen LogP contribution in [0.1, 0.15) is 40.7 Å². The van der Waals surface area contributed by atoms with Gasteiger partial charge in [-0.05, 0) is 51.1 Å². The van der Waals surface area contributed by atoms with Crippen LogP contribution in [0.4, 0.5) is 5.82 Å². The molecule has 1 aliphatic heterocycles. The van der Waals surface area contributed by atoms with Crippen molar-refractivity contribution in [2.75, 3.05) is 31.1 Å². The zero-order valence-electron chi connectivity index (χ0n) is 19.4. The summed E-state index contributed by atoms with van der Waals surface area (Å²) in [6, 6.07) is 11.9. The summed E-state index contributed by atoms with van der Waals surface area (Å²) in [7, 11) is 0. The van der Waals surface area contributed by atoms with Crippen molar-refractivity contribution >= 4 is 34.1 Å². The molecular weight excluding hydrogens is 446 g/mol. The molecule has 0 aromatic carbocycles. The van der Waals surface area contributed by atoms with Gasteiger partial charge in [0.25, 0.3) is 5.91 Å². The van der Waals surface area contributed by atoms with E-state index in [1.807, 2.05) is 15.6 Å². The lowest BCUT2D eigenvalue weighted by Crippen LogP contribution is -2.49. The molecule has 1 fully saturated rings. The smallest absolute Gasteiger partial charge is 0.254 e. The van der Waals surface area contributed by atoms with Gasteiger partial charge in [-0.2, -0.15) is 10.4 Å². The number of anilines is 1. The highest BCUT2D eigenvalue weighted by Gasteiger charge is 2.27. The third-order valence-electron chi connectivity index (χ3n) is 6.05. The molecule has 34 heavy (non-hydrogen) atoms. The molecular formula is C25H25N7OS. The number of carbonyl (C=O) groups excluding carboxylic acids is 1. The number of hydrogen-bond donors (Lipinski definition) is 0. The number of piperazine rings is 1. The SMILES string of the molecule is Cc1ccc(-c2cc(C(=O)N3CCN(c4ncccc4C#N)CC3)c3cnn(C(C)C)c3n2)s1. The number of fused-ring (bicyclic) bond motifs is 1. The molecule has 4 aromatic rings. The highest BCUT2D eigenvalue weighted by molar-refractivity contribution is 7.15. The van der Waals surface area contributed by atoms with Crippen LogP contribution in [0.25, 0.3) is 21.6 Å². The number of nitrogens with zero attached hydrogens (tertiary/aromatic N) is 7. The lowest BCUT2D eigenvalue weighted by molar-refractivity contribution is 0.0748. The van der Waals surface area contributed by atoms with Gasteiger partial charge in [0, 0.05) is 43.3 Å². The quantitative estimate of drug-likeness (QED) is 0.441. The van der Waals surface area contributed by atoms with Gasteiger partial charge in [0.15, 0.2) is 5.65 Å². The van der Waals surface area contributed by atoms with E-state index in [0.29, 0.717) is 43.1 Å². The Labute approximate surface area is 202 Å². The van der Waals surface area contributed by atoms with Gasteiger partial charge < -0.3 is 9.80 Å². The van der Waals surface area contributed by atoms with Crippen molar-refractivity contribution in [3.8, 4) is 16.6 Å². The second-order valence-electron chi connectivity index (χ2n) is 8.65. The number of nitriles is 1.